The first-order valence-electron chi connectivity index (χ1n) is 9.95. The van der Waals surface area contributed by atoms with Crippen LogP contribution in [0.2, 0.25) is 0 Å². The third-order valence-electron chi connectivity index (χ3n) is 5.23. The number of amides is 1. The van der Waals surface area contributed by atoms with Crippen LogP contribution in [0.4, 0.5) is 17.3 Å². The van der Waals surface area contributed by atoms with E-state index in [4.69, 9.17) is 0 Å². The molecule has 0 unspecified atom stereocenters. The first-order chi connectivity index (χ1) is 13.9. The van der Waals surface area contributed by atoms with E-state index < -0.39 is 10.0 Å². The number of aryl methyl sites for hydroxylation is 1. The highest BCUT2D eigenvalue weighted by molar-refractivity contribution is 7.93. The Morgan fingerprint density at radius 3 is 2.38 bits per heavy atom. The fourth-order valence-electron chi connectivity index (χ4n) is 3.74. The Morgan fingerprint density at radius 1 is 1.00 bits per heavy atom. The third kappa shape index (κ3) is 4.34. The number of sulfonamides is 1. The molecule has 0 atom stereocenters. The molecule has 3 heterocycles. The summed E-state index contributed by atoms with van der Waals surface area (Å²) in [7, 11) is -3.21. The van der Waals surface area contributed by atoms with E-state index in [0.717, 1.165) is 31.6 Å². The van der Waals surface area contributed by atoms with Crippen LogP contribution in [0.25, 0.3) is 0 Å². The van der Waals surface area contributed by atoms with E-state index in [1.165, 1.54) is 10.7 Å². The van der Waals surface area contributed by atoms with Crippen LogP contribution in [0, 0.1) is 6.92 Å². The summed E-state index contributed by atoms with van der Waals surface area (Å²) in [6.45, 7) is 4.17. The van der Waals surface area contributed by atoms with Crippen molar-refractivity contribution < 1.29 is 13.2 Å². The number of nitrogens with zero attached hydrogens (tertiary/aromatic N) is 4. The van der Waals surface area contributed by atoms with Gasteiger partial charge in [0, 0.05) is 31.0 Å². The summed E-state index contributed by atoms with van der Waals surface area (Å²) in [5.41, 5.74) is 2.28. The monoisotopic (exact) mass is 415 g/mol. The van der Waals surface area contributed by atoms with Gasteiger partial charge in [-0.25, -0.2) is 18.4 Å². The first kappa shape index (κ1) is 19.6. The number of aromatic nitrogens is 2. The first-order valence-corrected chi connectivity index (χ1v) is 11.6. The highest BCUT2D eigenvalue weighted by Crippen LogP contribution is 2.25. The molecule has 0 radical (unpaired) electrons. The molecule has 2 saturated heterocycles. The molecule has 29 heavy (non-hydrogen) atoms. The number of anilines is 3. The Morgan fingerprint density at radius 2 is 1.72 bits per heavy atom. The molecule has 2 aromatic rings. The van der Waals surface area contributed by atoms with Crippen LogP contribution in [0.3, 0.4) is 0 Å². The van der Waals surface area contributed by atoms with Crippen molar-refractivity contribution in [1.29, 1.82) is 0 Å². The molecule has 1 N–H and O–H groups in total. The van der Waals surface area contributed by atoms with E-state index in [1.807, 2.05) is 6.92 Å². The smallest absolute Gasteiger partial charge is 0.274 e. The number of hydrogen-bond acceptors (Lipinski definition) is 6. The van der Waals surface area contributed by atoms with Crippen LogP contribution in [0.15, 0.2) is 30.3 Å². The minimum absolute atomic E-state index is 0.178. The van der Waals surface area contributed by atoms with Crippen LogP contribution >= 0.6 is 0 Å². The summed E-state index contributed by atoms with van der Waals surface area (Å²) in [6, 6.07) is 8.51. The molecule has 0 aliphatic carbocycles. The van der Waals surface area contributed by atoms with Crippen LogP contribution in [-0.4, -0.2) is 49.7 Å². The molecule has 1 aromatic carbocycles. The zero-order valence-electron chi connectivity index (χ0n) is 16.5. The van der Waals surface area contributed by atoms with Crippen molar-refractivity contribution in [2.75, 3.05) is 39.9 Å². The SMILES string of the molecule is Cc1cc(C(=O)Nc2ccc(N3CCCS3(=O)=O)cc2)nc(N2CCCCC2)n1. The maximum atomic E-state index is 12.7. The number of hydrogen-bond donors (Lipinski definition) is 1. The van der Waals surface area contributed by atoms with Gasteiger partial charge in [0.25, 0.3) is 5.91 Å². The average molecular weight is 416 g/mol. The number of carbonyl (C=O) groups excluding carboxylic acids is 1. The lowest BCUT2D eigenvalue weighted by Gasteiger charge is -2.27. The van der Waals surface area contributed by atoms with Crippen LogP contribution in [0.1, 0.15) is 41.9 Å². The molecule has 154 valence electrons. The van der Waals surface area contributed by atoms with Crippen molar-refractivity contribution >= 4 is 33.3 Å². The number of benzene rings is 1. The van der Waals surface area contributed by atoms with Gasteiger partial charge in [0.2, 0.25) is 16.0 Å². The number of nitrogens with one attached hydrogen (secondary N) is 1. The van der Waals surface area contributed by atoms with Crippen LogP contribution < -0.4 is 14.5 Å². The second-order valence-electron chi connectivity index (χ2n) is 7.48. The normalized spacial score (nSPS) is 18.7. The minimum atomic E-state index is -3.21. The average Bonchev–Trinajstić information content (AvgIpc) is 3.08. The molecular formula is C20H25N5O3S. The number of rotatable bonds is 4. The molecule has 0 spiro atoms. The van der Waals surface area contributed by atoms with E-state index in [0.29, 0.717) is 36.0 Å². The van der Waals surface area contributed by atoms with Crippen molar-refractivity contribution in [3.8, 4) is 0 Å². The summed E-state index contributed by atoms with van der Waals surface area (Å²) in [4.78, 5) is 23.8. The van der Waals surface area contributed by atoms with Crippen molar-refractivity contribution in [1.82, 2.24) is 9.97 Å². The molecule has 0 bridgehead atoms. The van der Waals surface area contributed by atoms with Gasteiger partial charge in [0.1, 0.15) is 5.69 Å². The minimum Gasteiger partial charge on any atom is -0.341 e. The van der Waals surface area contributed by atoms with Crippen molar-refractivity contribution in [2.24, 2.45) is 0 Å². The lowest BCUT2D eigenvalue weighted by Crippen LogP contribution is -2.31. The fourth-order valence-corrected chi connectivity index (χ4v) is 5.30. The molecule has 2 aliphatic heterocycles. The Balaban J connectivity index is 1.48. The second kappa shape index (κ2) is 7.98. The Labute approximate surface area is 171 Å². The largest absolute Gasteiger partial charge is 0.341 e. The summed E-state index contributed by atoms with van der Waals surface area (Å²) in [6.07, 6.45) is 4.06. The van der Waals surface area contributed by atoms with E-state index in [9.17, 15) is 13.2 Å². The van der Waals surface area contributed by atoms with E-state index in [1.54, 1.807) is 30.3 Å². The van der Waals surface area contributed by atoms with Gasteiger partial charge in [-0.3, -0.25) is 9.10 Å². The van der Waals surface area contributed by atoms with Crippen molar-refractivity contribution in [3.63, 3.8) is 0 Å². The van der Waals surface area contributed by atoms with E-state index in [-0.39, 0.29) is 11.7 Å². The Hall–Kier alpha value is -2.68. The van der Waals surface area contributed by atoms with Crippen LogP contribution in [0.5, 0.6) is 0 Å². The molecule has 2 aliphatic rings. The molecule has 9 heteroatoms. The van der Waals surface area contributed by atoms with Gasteiger partial charge in [0.05, 0.1) is 11.4 Å². The van der Waals surface area contributed by atoms with Gasteiger partial charge >= 0.3 is 0 Å². The summed E-state index contributed by atoms with van der Waals surface area (Å²) < 4.78 is 25.5. The quantitative estimate of drug-likeness (QED) is 0.825. The van der Waals surface area contributed by atoms with Gasteiger partial charge in [-0.1, -0.05) is 0 Å². The van der Waals surface area contributed by atoms with Gasteiger partial charge < -0.3 is 10.2 Å². The second-order valence-corrected chi connectivity index (χ2v) is 9.50. The molecule has 4 rings (SSSR count). The molecule has 0 saturated carbocycles. The zero-order valence-corrected chi connectivity index (χ0v) is 17.3. The lowest BCUT2D eigenvalue weighted by molar-refractivity contribution is 0.102. The van der Waals surface area contributed by atoms with Crippen molar-refractivity contribution in [2.45, 2.75) is 32.6 Å². The highest BCUT2D eigenvalue weighted by Gasteiger charge is 2.28. The predicted octanol–water partition coefficient (Wildman–Crippen LogP) is 2.57. The van der Waals surface area contributed by atoms with Crippen LogP contribution in [-0.2, 0) is 10.0 Å². The molecule has 8 nitrogen and oxygen atoms in total. The lowest BCUT2D eigenvalue weighted by atomic mass is 10.1. The molecule has 1 amide bonds. The maximum Gasteiger partial charge on any atom is 0.274 e. The predicted molar refractivity (Wildman–Crippen MR) is 113 cm³/mol. The summed E-state index contributed by atoms with van der Waals surface area (Å²) in [5.74, 6) is 0.470. The molecule has 2 fully saturated rings. The van der Waals surface area contributed by atoms with Gasteiger partial charge in [-0.15, -0.1) is 0 Å². The summed E-state index contributed by atoms with van der Waals surface area (Å²) >= 11 is 0. The fraction of sp³-hybridized carbons (Fsp3) is 0.450. The topological polar surface area (TPSA) is 95.5 Å². The molecular weight excluding hydrogens is 390 g/mol. The van der Waals surface area contributed by atoms with Gasteiger partial charge in [-0.2, -0.15) is 0 Å². The van der Waals surface area contributed by atoms with Gasteiger partial charge in [0.15, 0.2) is 0 Å². The third-order valence-corrected chi connectivity index (χ3v) is 7.10. The van der Waals surface area contributed by atoms with E-state index in [2.05, 4.69) is 20.2 Å². The Bertz CT molecular complexity index is 1000. The Kier molecular flexibility index (Phi) is 5.40. The van der Waals surface area contributed by atoms with Crippen molar-refractivity contribution in [3.05, 3.63) is 41.7 Å². The summed E-state index contributed by atoms with van der Waals surface area (Å²) in [5, 5.41) is 2.84. The van der Waals surface area contributed by atoms with E-state index >= 15 is 0 Å². The maximum absolute atomic E-state index is 12.7. The standard InChI is InChI=1S/C20H25N5O3S/c1-15-14-18(23-20(21-15)24-10-3-2-4-11-24)19(26)22-16-6-8-17(9-7-16)25-12-5-13-29(25,27)28/h6-9,14H,2-5,10-13H2,1H3,(H,22,26). The zero-order chi connectivity index (χ0) is 20.4. The number of carbonyl (C=O) groups is 1. The highest BCUT2D eigenvalue weighted by atomic mass is 32.2. The number of piperidine rings is 1. The molecule has 1 aromatic heterocycles. The van der Waals surface area contributed by atoms with Gasteiger partial charge in [-0.05, 0) is 62.9 Å².